The molecule has 1 aromatic carbocycles. The number of carbonyl (C=O) groups excluding carboxylic acids is 1. The van der Waals surface area contributed by atoms with Crippen LogP contribution in [-0.2, 0) is 7.05 Å². The van der Waals surface area contributed by atoms with Crippen LogP contribution in [0.1, 0.15) is 23.3 Å². The number of nitrogens with one attached hydrogen (secondary N) is 2. The first-order valence-corrected chi connectivity index (χ1v) is 7.61. The van der Waals surface area contributed by atoms with Gasteiger partial charge < -0.3 is 10.2 Å². The van der Waals surface area contributed by atoms with Crippen molar-refractivity contribution in [3.63, 3.8) is 0 Å². The van der Waals surface area contributed by atoms with E-state index in [0.717, 1.165) is 19.4 Å². The van der Waals surface area contributed by atoms with Gasteiger partial charge in [-0.05, 0) is 25.0 Å². The van der Waals surface area contributed by atoms with Gasteiger partial charge in [0, 0.05) is 32.2 Å². The molecule has 1 saturated heterocycles. The number of halogens is 1. The lowest BCUT2D eigenvalue weighted by Crippen LogP contribution is -2.48. The maximum absolute atomic E-state index is 13.9. The topological polar surface area (TPSA) is 70.1 Å². The molecule has 1 aliphatic rings. The molecule has 1 fully saturated rings. The SMILES string of the molecule is Cn1[nH]c(C(=O)NC2CCCN(c3ccccc3F)C2)cc1=O. The van der Waals surface area contributed by atoms with E-state index in [0.29, 0.717) is 12.2 Å². The monoisotopic (exact) mass is 318 g/mol. The van der Waals surface area contributed by atoms with Crippen LogP contribution < -0.4 is 15.8 Å². The van der Waals surface area contributed by atoms with Crippen LogP contribution in [0.3, 0.4) is 0 Å². The highest BCUT2D eigenvalue weighted by atomic mass is 19.1. The molecule has 122 valence electrons. The molecule has 0 bridgehead atoms. The van der Waals surface area contributed by atoms with Crippen LogP contribution in [0.15, 0.2) is 35.1 Å². The molecule has 0 saturated carbocycles. The molecule has 23 heavy (non-hydrogen) atoms. The van der Waals surface area contributed by atoms with Crippen LogP contribution >= 0.6 is 0 Å². The van der Waals surface area contributed by atoms with Crippen molar-refractivity contribution in [2.75, 3.05) is 18.0 Å². The smallest absolute Gasteiger partial charge is 0.269 e. The quantitative estimate of drug-likeness (QED) is 0.895. The summed E-state index contributed by atoms with van der Waals surface area (Å²) in [5, 5.41) is 5.61. The molecular weight excluding hydrogens is 299 g/mol. The number of amides is 1. The Bertz CT molecular complexity index is 767. The summed E-state index contributed by atoms with van der Waals surface area (Å²) < 4.78 is 15.2. The number of nitrogens with zero attached hydrogens (tertiary/aromatic N) is 2. The van der Waals surface area contributed by atoms with E-state index in [1.54, 1.807) is 25.2 Å². The molecule has 0 radical (unpaired) electrons. The summed E-state index contributed by atoms with van der Waals surface area (Å²) in [5.41, 5.74) is 0.534. The second-order valence-corrected chi connectivity index (χ2v) is 5.78. The van der Waals surface area contributed by atoms with E-state index in [4.69, 9.17) is 0 Å². The van der Waals surface area contributed by atoms with Gasteiger partial charge in [-0.3, -0.25) is 19.4 Å². The average molecular weight is 318 g/mol. The van der Waals surface area contributed by atoms with Crippen LogP contribution in [-0.4, -0.2) is 34.8 Å². The van der Waals surface area contributed by atoms with Gasteiger partial charge in [0.05, 0.1) is 5.69 Å². The Labute approximate surface area is 132 Å². The fourth-order valence-electron chi connectivity index (χ4n) is 2.89. The van der Waals surface area contributed by atoms with Gasteiger partial charge >= 0.3 is 0 Å². The number of aromatic nitrogens is 2. The van der Waals surface area contributed by atoms with Crippen LogP contribution in [0, 0.1) is 5.82 Å². The molecule has 6 nitrogen and oxygen atoms in total. The normalized spacial score (nSPS) is 18.0. The molecule has 2 heterocycles. The minimum absolute atomic E-state index is 0.0837. The van der Waals surface area contributed by atoms with Crippen LogP contribution in [0.2, 0.25) is 0 Å². The largest absolute Gasteiger partial charge is 0.367 e. The van der Waals surface area contributed by atoms with Crippen molar-refractivity contribution < 1.29 is 9.18 Å². The van der Waals surface area contributed by atoms with Gasteiger partial charge in [-0.15, -0.1) is 0 Å². The number of anilines is 1. The molecule has 3 rings (SSSR count). The predicted molar refractivity (Wildman–Crippen MR) is 85.1 cm³/mol. The fourth-order valence-corrected chi connectivity index (χ4v) is 2.89. The number of rotatable bonds is 3. The van der Waals surface area contributed by atoms with Crippen molar-refractivity contribution in [1.29, 1.82) is 0 Å². The van der Waals surface area contributed by atoms with E-state index in [1.165, 1.54) is 16.8 Å². The molecule has 0 spiro atoms. The van der Waals surface area contributed by atoms with Gasteiger partial charge in [0.25, 0.3) is 11.5 Å². The van der Waals surface area contributed by atoms with Crippen molar-refractivity contribution in [2.24, 2.45) is 7.05 Å². The number of piperidine rings is 1. The zero-order valence-electron chi connectivity index (χ0n) is 12.9. The summed E-state index contributed by atoms with van der Waals surface area (Å²) in [7, 11) is 1.56. The Morgan fingerprint density at radius 1 is 1.39 bits per heavy atom. The Hall–Kier alpha value is -2.57. The summed E-state index contributed by atoms with van der Waals surface area (Å²) >= 11 is 0. The minimum Gasteiger partial charge on any atom is -0.367 e. The van der Waals surface area contributed by atoms with E-state index in [1.807, 2.05) is 4.90 Å². The highest BCUT2D eigenvalue weighted by Crippen LogP contribution is 2.22. The summed E-state index contributed by atoms with van der Waals surface area (Å²) in [6.07, 6.45) is 1.69. The first kappa shape index (κ1) is 15.3. The lowest BCUT2D eigenvalue weighted by atomic mass is 10.0. The van der Waals surface area contributed by atoms with Crippen molar-refractivity contribution >= 4 is 11.6 Å². The van der Waals surface area contributed by atoms with Crippen LogP contribution in [0.25, 0.3) is 0 Å². The second-order valence-electron chi connectivity index (χ2n) is 5.78. The molecule has 7 heteroatoms. The minimum atomic E-state index is -0.317. The zero-order valence-corrected chi connectivity index (χ0v) is 12.9. The maximum Gasteiger partial charge on any atom is 0.269 e. The first-order chi connectivity index (χ1) is 11.0. The Morgan fingerprint density at radius 2 is 2.17 bits per heavy atom. The van der Waals surface area contributed by atoms with Crippen molar-refractivity contribution in [1.82, 2.24) is 15.1 Å². The number of aromatic amines is 1. The van der Waals surface area contributed by atoms with Gasteiger partial charge in [0.2, 0.25) is 0 Å². The molecular formula is C16H19FN4O2. The third kappa shape index (κ3) is 3.28. The number of H-pyrrole nitrogens is 1. The highest BCUT2D eigenvalue weighted by molar-refractivity contribution is 5.92. The van der Waals surface area contributed by atoms with E-state index in [2.05, 4.69) is 10.4 Å². The fraction of sp³-hybridized carbons (Fsp3) is 0.375. The average Bonchev–Trinajstić information content (AvgIpc) is 2.88. The lowest BCUT2D eigenvalue weighted by Gasteiger charge is -2.34. The number of carbonyl (C=O) groups is 1. The van der Waals surface area contributed by atoms with Crippen molar-refractivity contribution in [2.45, 2.75) is 18.9 Å². The van der Waals surface area contributed by atoms with Crippen molar-refractivity contribution in [3.8, 4) is 0 Å². The van der Waals surface area contributed by atoms with Gasteiger partial charge in [0.15, 0.2) is 0 Å². The molecule has 2 aromatic rings. The summed E-state index contributed by atoms with van der Waals surface area (Å²) in [5.74, 6) is -0.574. The zero-order chi connectivity index (χ0) is 16.4. The third-order valence-corrected chi connectivity index (χ3v) is 4.08. The molecule has 2 N–H and O–H groups in total. The molecule has 1 aromatic heterocycles. The van der Waals surface area contributed by atoms with E-state index < -0.39 is 0 Å². The first-order valence-electron chi connectivity index (χ1n) is 7.61. The second kappa shape index (κ2) is 6.28. The summed E-state index contributed by atoms with van der Waals surface area (Å²) in [4.78, 5) is 25.6. The Balaban J connectivity index is 1.68. The van der Waals surface area contributed by atoms with Crippen molar-refractivity contribution in [3.05, 3.63) is 52.2 Å². The number of hydrogen-bond donors (Lipinski definition) is 2. The predicted octanol–water partition coefficient (Wildman–Crippen LogP) is 1.25. The third-order valence-electron chi connectivity index (χ3n) is 4.08. The van der Waals surface area contributed by atoms with Gasteiger partial charge in [-0.25, -0.2) is 4.39 Å². The lowest BCUT2D eigenvalue weighted by molar-refractivity contribution is 0.0927. The van der Waals surface area contributed by atoms with Gasteiger partial charge in [0.1, 0.15) is 11.5 Å². The molecule has 1 unspecified atom stereocenters. The number of hydrogen-bond acceptors (Lipinski definition) is 3. The summed E-state index contributed by atoms with van der Waals surface area (Å²) in [6.45, 7) is 1.30. The number of aryl methyl sites for hydroxylation is 1. The van der Waals surface area contributed by atoms with E-state index >= 15 is 0 Å². The van der Waals surface area contributed by atoms with E-state index in [-0.39, 0.29) is 29.0 Å². The van der Waals surface area contributed by atoms with Gasteiger partial charge in [-0.2, -0.15) is 0 Å². The number of benzene rings is 1. The molecule has 1 aliphatic heterocycles. The highest BCUT2D eigenvalue weighted by Gasteiger charge is 2.24. The molecule has 1 atom stereocenters. The van der Waals surface area contributed by atoms with E-state index in [9.17, 15) is 14.0 Å². The van der Waals surface area contributed by atoms with Gasteiger partial charge in [-0.1, -0.05) is 12.1 Å². The standard InChI is InChI=1S/C16H19FN4O2/c1-20-15(22)9-13(19-20)16(23)18-11-5-4-8-21(10-11)14-7-3-2-6-12(14)17/h2-3,6-7,9,11,19H,4-5,8,10H2,1H3,(H,18,23). The summed E-state index contributed by atoms with van der Waals surface area (Å²) in [6, 6.07) is 7.83. The molecule has 0 aliphatic carbocycles. The Morgan fingerprint density at radius 3 is 2.87 bits per heavy atom. The molecule has 1 amide bonds. The van der Waals surface area contributed by atoms with Crippen LogP contribution in [0.5, 0.6) is 0 Å². The maximum atomic E-state index is 13.9. The Kier molecular flexibility index (Phi) is 4.18. The van der Waals surface area contributed by atoms with Crippen LogP contribution in [0.4, 0.5) is 10.1 Å². The number of para-hydroxylation sites is 1.